The average molecular weight is 195 g/mol. The average Bonchev–Trinajstić information content (AvgIpc) is 2.56. The Morgan fingerprint density at radius 1 is 0.929 bits per heavy atom. The van der Waals surface area contributed by atoms with E-state index in [0.717, 1.165) is 18.0 Å². The first-order chi connectivity index (χ1) is 6.21. The minimum Gasteiger partial charge on any atom is -0.292 e. The Kier molecular flexibility index (Phi) is 2.06. The van der Waals surface area contributed by atoms with Crippen LogP contribution in [0.2, 0.25) is 0 Å². The molecule has 1 heteroatoms. The lowest BCUT2D eigenvalue weighted by molar-refractivity contribution is 0.0363. The molecule has 1 heterocycles. The van der Waals surface area contributed by atoms with E-state index in [0.29, 0.717) is 11.0 Å². The van der Waals surface area contributed by atoms with Gasteiger partial charge in [-0.25, -0.2) is 0 Å². The topological polar surface area (TPSA) is 3.24 Å². The van der Waals surface area contributed by atoms with Gasteiger partial charge in [-0.15, -0.1) is 0 Å². The van der Waals surface area contributed by atoms with E-state index in [1.165, 1.54) is 12.8 Å². The van der Waals surface area contributed by atoms with Gasteiger partial charge >= 0.3 is 0 Å². The summed E-state index contributed by atoms with van der Waals surface area (Å²) in [4.78, 5) is 2.79. The van der Waals surface area contributed by atoms with Gasteiger partial charge in [-0.2, -0.15) is 0 Å². The molecule has 1 aliphatic carbocycles. The second-order valence-electron chi connectivity index (χ2n) is 7.26. The molecule has 0 aromatic heterocycles. The molecule has 0 spiro atoms. The number of piperidine rings is 1. The lowest BCUT2D eigenvalue weighted by Gasteiger charge is -2.45. The van der Waals surface area contributed by atoms with Crippen molar-refractivity contribution >= 4 is 0 Å². The number of hydrogen-bond acceptors (Lipinski definition) is 1. The largest absolute Gasteiger partial charge is 0.292 e. The molecule has 14 heavy (non-hydrogen) atoms. The number of nitrogens with zero attached hydrogens (tertiary/aromatic N) is 1. The molecule has 1 saturated heterocycles. The molecule has 0 N–H and O–H groups in total. The first-order valence-electron chi connectivity index (χ1n) is 6.00. The highest BCUT2D eigenvalue weighted by Gasteiger charge is 2.57. The zero-order valence-electron chi connectivity index (χ0n) is 10.6. The van der Waals surface area contributed by atoms with E-state index >= 15 is 0 Å². The predicted molar refractivity (Wildman–Crippen MR) is 61.3 cm³/mol. The molecule has 2 fully saturated rings. The first kappa shape index (κ1) is 10.5. The Bertz CT molecular complexity index is 231. The molecule has 0 bridgehead atoms. The van der Waals surface area contributed by atoms with Gasteiger partial charge < -0.3 is 0 Å². The molecule has 2 aliphatic rings. The fourth-order valence-corrected chi connectivity index (χ4v) is 3.19. The normalized spacial score (nSPS) is 38.6. The summed E-state index contributed by atoms with van der Waals surface area (Å²) in [7, 11) is 0. The van der Waals surface area contributed by atoms with E-state index in [1.54, 1.807) is 0 Å². The Labute approximate surface area is 88.9 Å². The summed E-state index contributed by atoms with van der Waals surface area (Å²) in [5, 5.41) is 0. The van der Waals surface area contributed by atoms with E-state index in [4.69, 9.17) is 0 Å². The second-order valence-corrected chi connectivity index (χ2v) is 7.26. The summed E-state index contributed by atoms with van der Waals surface area (Å²) in [5.74, 6) is 1.03. The van der Waals surface area contributed by atoms with Gasteiger partial charge in [0.05, 0.1) is 0 Å². The van der Waals surface area contributed by atoms with Crippen molar-refractivity contribution < 1.29 is 0 Å². The number of fused-ring (bicyclic) bond motifs is 1. The van der Waals surface area contributed by atoms with Gasteiger partial charge in [0.2, 0.25) is 0 Å². The molecule has 3 atom stereocenters. The molecule has 0 aromatic carbocycles. The lowest BCUT2D eigenvalue weighted by atomic mass is 9.82. The summed E-state index contributed by atoms with van der Waals surface area (Å²) < 4.78 is 0. The van der Waals surface area contributed by atoms with Gasteiger partial charge in [0.15, 0.2) is 0 Å². The summed E-state index contributed by atoms with van der Waals surface area (Å²) in [6, 6.07) is 1.71. The maximum Gasteiger partial charge on any atom is 0.0155 e. The van der Waals surface area contributed by atoms with Crippen LogP contribution in [0.5, 0.6) is 0 Å². The molecular formula is C13H25N. The molecule has 1 aliphatic heterocycles. The van der Waals surface area contributed by atoms with Crippen LogP contribution in [0.15, 0.2) is 0 Å². The van der Waals surface area contributed by atoms with E-state index in [-0.39, 0.29) is 0 Å². The smallest absolute Gasteiger partial charge is 0.0155 e. The maximum absolute atomic E-state index is 2.79. The zero-order valence-corrected chi connectivity index (χ0v) is 10.6. The van der Waals surface area contributed by atoms with Crippen LogP contribution in [0.3, 0.4) is 0 Å². The second kappa shape index (κ2) is 2.75. The Morgan fingerprint density at radius 2 is 1.50 bits per heavy atom. The van der Waals surface area contributed by atoms with Crippen LogP contribution in [0.25, 0.3) is 0 Å². The van der Waals surface area contributed by atoms with Crippen LogP contribution in [0.4, 0.5) is 0 Å². The molecule has 1 nitrogen and oxygen atoms in total. The van der Waals surface area contributed by atoms with Gasteiger partial charge in [0, 0.05) is 17.6 Å². The van der Waals surface area contributed by atoms with Crippen molar-refractivity contribution in [2.45, 2.75) is 72.0 Å². The highest BCUT2D eigenvalue weighted by atomic mass is 15.3. The Hall–Kier alpha value is -0.0400. The summed E-state index contributed by atoms with van der Waals surface area (Å²) in [6.07, 6.45) is 2.90. The maximum atomic E-state index is 2.79. The third-order valence-electron chi connectivity index (χ3n) is 3.88. The summed E-state index contributed by atoms with van der Waals surface area (Å²) in [5.41, 5.74) is 0.800. The first-order valence-corrected chi connectivity index (χ1v) is 6.00. The van der Waals surface area contributed by atoms with E-state index in [1.807, 2.05) is 0 Å². The highest BCUT2D eigenvalue weighted by Crippen LogP contribution is 2.54. The standard InChI is InChI=1S/C13H25N/c1-12(2,3)11-8-9-7-10(9)14(11)13(4,5)6/h9-11H,7-8H2,1-6H3/t9-,10-,11?/m1/s1. The molecular weight excluding hydrogens is 170 g/mol. The molecule has 0 aromatic rings. The van der Waals surface area contributed by atoms with Crippen molar-refractivity contribution in [2.24, 2.45) is 11.3 Å². The van der Waals surface area contributed by atoms with Crippen molar-refractivity contribution in [2.75, 3.05) is 0 Å². The quantitative estimate of drug-likeness (QED) is 0.573. The van der Waals surface area contributed by atoms with Gasteiger partial charge in [-0.05, 0) is 44.9 Å². The fourth-order valence-electron chi connectivity index (χ4n) is 3.19. The molecule has 82 valence electrons. The van der Waals surface area contributed by atoms with Crippen molar-refractivity contribution in [3.05, 3.63) is 0 Å². The van der Waals surface area contributed by atoms with Crippen LogP contribution in [-0.4, -0.2) is 22.5 Å². The van der Waals surface area contributed by atoms with Gasteiger partial charge in [0.1, 0.15) is 0 Å². The SMILES string of the molecule is CC(C)(C)C1C[C@H]2C[C@H]2N1C(C)(C)C. The zero-order chi connectivity index (χ0) is 10.7. The Balaban J connectivity index is 2.20. The van der Waals surface area contributed by atoms with Crippen molar-refractivity contribution in [1.29, 1.82) is 0 Å². The molecule has 0 radical (unpaired) electrons. The number of hydrogen-bond donors (Lipinski definition) is 0. The molecule has 0 amide bonds. The van der Waals surface area contributed by atoms with Crippen LogP contribution in [0, 0.1) is 11.3 Å². The van der Waals surface area contributed by atoms with Gasteiger partial charge in [-0.3, -0.25) is 4.90 Å². The molecule has 2 rings (SSSR count). The lowest BCUT2D eigenvalue weighted by Crippen LogP contribution is -2.51. The number of rotatable bonds is 0. The van der Waals surface area contributed by atoms with Crippen LogP contribution in [-0.2, 0) is 0 Å². The van der Waals surface area contributed by atoms with Crippen molar-refractivity contribution in [3.63, 3.8) is 0 Å². The predicted octanol–water partition coefficient (Wildman–Crippen LogP) is 3.29. The van der Waals surface area contributed by atoms with Crippen LogP contribution >= 0.6 is 0 Å². The monoisotopic (exact) mass is 195 g/mol. The highest BCUT2D eigenvalue weighted by molar-refractivity contribution is 5.11. The van der Waals surface area contributed by atoms with Crippen molar-refractivity contribution in [3.8, 4) is 0 Å². The van der Waals surface area contributed by atoms with Crippen molar-refractivity contribution in [1.82, 2.24) is 4.90 Å². The summed E-state index contributed by atoms with van der Waals surface area (Å²) >= 11 is 0. The van der Waals surface area contributed by atoms with E-state index in [9.17, 15) is 0 Å². The van der Waals surface area contributed by atoms with E-state index in [2.05, 4.69) is 46.4 Å². The van der Waals surface area contributed by atoms with Gasteiger partial charge in [0.25, 0.3) is 0 Å². The molecule has 1 saturated carbocycles. The molecule has 1 unspecified atom stereocenters. The van der Waals surface area contributed by atoms with E-state index < -0.39 is 0 Å². The Morgan fingerprint density at radius 3 is 1.86 bits per heavy atom. The van der Waals surface area contributed by atoms with Crippen LogP contribution < -0.4 is 0 Å². The van der Waals surface area contributed by atoms with Crippen LogP contribution in [0.1, 0.15) is 54.4 Å². The third-order valence-corrected chi connectivity index (χ3v) is 3.88. The fraction of sp³-hybridized carbons (Fsp3) is 1.00. The minimum absolute atomic E-state index is 0.355. The summed E-state index contributed by atoms with van der Waals surface area (Å²) in [6.45, 7) is 14.3. The van der Waals surface area contributed by atoms with Gasteiger partial charge in [-0.1, -0.05) is 20.8 Å². The number of likely N-dealkylation sites (tertiary alicyclic amines) is 1. The third kappa shape index (κ3) is 1.60. The minimum atomic E-state index is 0.355.